The van der Waals surface area contributed by atoms with E-state index in [-0.39, 0.29) is 12.1 Å². The summed E-state index contributed by atoms with van der Waals surface area (Å²) in [5.74, 6) is -0.982. The first-order chi connectivity index (χ1) is 8.96. The quantitative estimate of drug-likeness (QED) is 0.794. The van der Waals surface area contributed by atoms with E-state index < -0.39 is 11.5 Å². The molecule has 6 heteroatoms. The number of urea groups is 1. The molecule has 0 aromatic rings. The number of hydrogen-bond acceptors (Lipinski definition) is 3. The van der Waals surface area contributed by atoms with Gasteiger partial charge in [0, 0.05) is 38.6 Å². The summed E-state index contributed by atoms with van der Waals surface area (Å²) in [6.45, 7) is 7.14. The molecule has 110 valence electrons. The molecule has 1 unspecified atom stereocenters. The van der Waals surface area contributed by atoms with Crippen molar-refractivity contribution in [3.05, 3.63) is 0 Å². The van der Waals surface area contributed by atoms with Crippen LogP contribution in [0.3, 0.4) is 0 Å². The van der Waals surface area contributed by atoms with Crippen LogP contribution in [0.15, 0.2) is 0 Å². The summed E-state index contributed by atoms with van der Waals surface area (Å²) in [5, 5.41) is 12.1. The average molecular weight is 272 g/mol. The highest BCUT2D eigenvalue weighted by molar-refractivity contribution is 5.86. The molecule has 1 rings (SSSR count). The van der Waals surface area contributed by atoms with Gasteiger partial charge in [0.25, 0.3) is 0 Å². The van der Waals surface area contributed by atoms with Crippen LogP contribution in [0, 0.1) is 0 Å². The molecule has 1 aliphatic rings. The third-order valence-corrected chi connectivity index (χ3v) is 3.83. The van der Waals surface area contributed by atoms with E-state index in [1.807, 2.05) is 20.8 Å². The van der Waals surface area contributed by atoms with Gasteiger partial charge in [-0.2, -0.15) is 0 Å². The number of carboxylic acid groups (broad SMARTS) is 1. The Morgan fingerprint density at radius 2 is 1.95 bits per heavy atom. The van der Waals surface area contributed by atoms with E-state index in [2.05, 4.69) is 5.32 Å². The molecular weight excluding hydrogens is 248 g/mol. The van der Waals surface area contributed by atoms with E-state index in [0.717, 1.165) is 6.42 Å². The predicted molar refractivity (Wildman–Crippen MR) is 71.1 cm³/mol. The molecule has 0 aliphatic carbocycles. The van der Waals surface area contributed by atoms with Gasteiger partial charge in [-0.15, -0.1) is 0 Å². The minimum atomic E-state index is -1.18. The smallest absolute Gasteiger partial charge is 0.329 e. The molecule has 1 aliphatic heterocycles. The fourth-order valence-corrected chi connectivity index (χ4v) is 2.26. The van der Waals surface area contributed by atoms with Crippen molar-refractivity contribution < 1.29 is 19.4 Å². The first kappa shape index (κ1) is 15.8. The molecule has 0 radical (unpaired) electrons. The number of carboxylic acids is 1. The molecule has 1 atom stereocenters. The summed E-state index contributed by atoms with van der Waals surface area (Å²) >= 11 is 0. The molecule has 0 spiro atoms. The zero-order valence-corrected chi connectivity index (χ0v) is 11.9. The van der Waals surface area contributed by atoms with E-state index >= 15 is 0 Å². The third-order valence-electron chi connectivity index (χ3n) is 3.83. The molecule has 6 nitrogen and oxygen atoms in total. The van der Waals surface area contributed by atoms with Crippen LogP contribution in [0.2, 0.25) is 0 Å². The van der Waals surface area contributed by atoms with Crippen molar-refractivity contribution in [1.82, 2.24) is 10.2 Å². The molecule has 0 saturated carbocycles. The SMILES string of the molecule is CCC(C)N(CC)C(=O)NC1(C(=O)O)CCOCC1. The Morgan fingerprint density at radius 3 is 2.37 bits per heavy atom. The van der Waals surface area contributed by atoms with Gasteiger partial charge in [0.15, 0.2) is 0 Å². The second kappa shape index (κ2) is 6.75. The third kappa shape index (κ3) is 3.59. The summed E-state index contributed by atoms with van der Waals surface area (Å²) < 4.78 is 5.18. The Bertz CT molecular complexity index is 327. The number of aliphatic carboxylic acids is 1. The molecule has 2 amide bonds. The molecule has 0 aromatic carbocycles. The number of nitrogens with one attached hydrogen (secondary N) is 1. The molecule has 0 bridgehead atoms. The van der Waals surface area contributed by atoms with Gasteiger partial charge in [-0.25, -0.2) is 9.59 Å². The van der Waals surface area contributed by atoms with Gasteiger partial charge < -0.3 is 20.1 Å². The fraction of sp³-hybridized carbons (Fsp3) is 0.846. The van der Waals surface area contributed by atoms with Crippen LogP contribution in [0.1, 0.15) is 40.0 Å². The van der Waals surface area contributed by atoms with Crippen molar-refractivity contribution in [3.63, 3.8) is 0 Å². The average Bonchev–Trinajstić information content (AvgIpc) is 2.40. The van der Waals surface area contributed by atoms with E-state index in [1.165, 1.54) is 0 Å². The van der Waals surface area contributed by atoms with Gasteiger partial charge in [0.1, 0.15) is 5.54 Å². The topological polar surface area (TPSA) is 78.9 Å². The number of hydrogen-bond donors (Lipinski definition) is 2. The standard InChI is InChI=1S/C13H24N2O4/c1-4-10(3)15(5-2)12(18)14-13(11(16)17)6-8-19-9-7-13/h10H,4-9H2,1-3H3,(H,14,18)(H,16,17). The maximum atomic E-state index is 12.3. The normalized spacial score (nSPS) is 19.5. The van der Waals surface area contributed by atoms with Gasteiger partial charge in [0.2, 0.25) is 0 Å². The van der Waals surface area contributed by atoms with E-state index in [1.54, 1.807) is 4.90 Å². The molecule has 1 saturated heterocycles. The summed E-state index contributed by atoms with van der Waals surface area (Å²) in [6.07, 6.45) is 1.46. The Balaban J connectivity index is 2.78. The van der Waals surface area contributed by atoms with Crippen LogP contribution >= 0.6 is 0 Å². The van der Waals surface area contributed by atoms with Gasteiger partial charge in [-0.1, -0.05) is 6.92 Å². The Morgan fingerprint density at radius 1 is 1.37 bits per heavy atom. The number of amides is 2. The molecule has 0 aromatic heterocycles. The van der Waals surface area contributed by atoms with Crippen molar-refractivity contribution in [2.75, 3.05) is 19.8 Å². The number of carbonyl (C=O) groups excluding carboxylic acids is 1. The first-order valence-corrected chi connectivity index (χ1v) is 6.86. The van der Waals surface area contributed by atoms with Crippen LogP contribution in [0.25, 0.3) is 0 Å². The second-order valence-electron chi connectivity index (χ2n) is 4.97. The predicted octanol–water partition coefficient (Wildman–Crippen LogP) is 1.45. The van der Waals surface area contributed by atoms with Gasteiger partial charge >= 0.3 is 12.0 Å². The molecule has 1 fully saturated rings. The van der Waals surface area contributed by atoms with Crippen LogP contribution in [0.5, 0.6) is 0 Å². The maximum Gasteiger partial charge on any atom is 0.329 e. The summed E-state index contributed by atoms with van der Waals surface area (Å²) in [4.78, 5) is 25.4. The lowest BCUT2D eigenvalue weighted by atomic mass is 9.90. The van der Waals surface area contributed by atoms with Crippen LogP contribution < -0.4 is 5.32 Å². The highest BCUT2D eigenvalue weighted by Crippen LogP contribution is 2.22. The zero-order chi connectivity index (χ0) is 14.5. The monoisotopic (exact) mass is 272 g/mol. The Labute approximate surface area is 114 Å². The Hall–Kier alpha value is -1.30. The first-order valence-electron chi connectivity index (χ1n) is 6.86. The minimum Gasteiger partial charge on any atom is -0.480 e. The number of rotatable bonds is 5. The van der Waals surface area contributed by atoms with Crippen molar-refractivity contribution >= 4 is 12.0 Å². The number of carbonyl (C=O) groups is 2. The summed E-state index contributed by atoms with van der Waals surface area (Å²) in [6, 6.07) is -0.211. The second-order valence-corrected chi connectivity index (χ2v) is 4.97. The fourth-order valence-electron chi connectivity index (χ4n) is 2.26. The summed E-state index contributed by atoms with van der Waals surface area (Å²) in [7, 11) is 0. The van der Waals surface area contributed by atoms with E-state index in [9.17, 15) is 14.7 Å². The molecule has 2 N–H and O–H groups in total. The highest BCUT2D eigenvalue weighted by Gasteiger charge is 2.42. The number of nitrogens with zero attached hydrogens (tertiary/aromatic N) is 1. The van der Waals surface area contributed by atoms with Crippen LogP contribution in [-0.4, -0.2) is 53.3 Å². The molecule has 1 heterocycles. The maximum absolute atomic E-state index is 12.3. The van der Waals surface area contributed by atoms with E-state index in [4.69, 9.17) is 4.74 Å². The van der Waals surface area contributed by atoms with Gasteiger partial charge in [-0.05, 0) is 20.3 Å². The van der Waals surface area contributed by atoms with Crippen molar-refractivity contribution in [3.8, 4) is 0 Å². The largest absolute Gasteiger partial charge is 0.480 e. The van der Waals surface area contributed by atoms with Gasteiger partial charge in [-0.3, -0.25) is 0 Å². The minimum absolute atomic E-state index is 0.0932. The lowest BCUT2D eigenvalue weighted by Gasteiger charge is -2.37. The van der Waals surface area contributed by atoms with Gasteiger partial charge in [0.05, 0.1) is 0 Å². The van der Waals surface area contributed by atoms with Crippen LogP contribution in [0.4, 0.5) is 4.79 Å². The van der Waals surface area contributed by atoms with Crippen molar-refractivity contribution in [2.24, 2.45) is 0 Å². The highest BCUT2D eigenvalue weighted by atomic mass is 16.5. The van der Waals surface area contributed by atoms with E-state index in [0.29, 0.717) is 32.6 Å². The Kier molecular flexibility index (Phi) is 5.60. The van der Waals surface area contributed by atoms with Crippen molar-refractivity contribution in [1.29, 1.82) is 0 Å². The lowest BCUT2D eigenvalue weighted by molar-refractivity contribution is -0.148. The number of ether oxygens (including phenoxy) is 1. The lowest BCUT2D eigenvalue weighted by Crippen LogP contribution is -2.61. The molecular formula is C13H24N2O4. The van der Waals surface area contributed by atoms with Crippen molar-refractivity contribution in [2.45, 2.75) is 51.6 Å². The molecule has 19 heavy (non-hydrogen) atoms. The van der Waals surface area contributed by atoms with Crippen LogP contribution in [-0.2, 0) is 9.53 Å². The zero-order valence-electron chi connectivity index (χ0n) is 11.9. The summed E-state index contributed by atoms with van der Waals surface area (Å²) in [5.41, 5.74) is -1.18.